The summed E-state index contributed by atoms with van der Waals surface area (Å²) in [5, 5.41) is 3.41. The van der Waals surface area contributed by atoms with Gasteiger partial charge >= 0.3 is 0 Å². The smallest absolute Gasteiger partial charge is 0.178 e. The van der Waals surface area contributed by atoms with E-state index in [4.69, 9.17) is 0 Å². The fourth-order valence-corrected chi connectivity index (χ4v) is 2.15. The van der Waals surface area contributed by atoms with E-state index in [0.717, 1.165) is 43.0 Å². The second-order valence-corrected chi connectivity index (χ2v) is 4.79. The van der Waals surface area contributed by atoms with Crippen LogP contribution in [0.2, 0.25) is 0 Å². The highest BCUT2D eigenvalue weighted by atomic mass is 14.9. The Balaban J connectivity index is 2.17. The van der Waals surface area contributed by atoms with Crippen molar-refractivity contribution in [2.45, 2.75) is 33.6 Å². The minimum Gasteiger partial charge on any atom is -0.316 e. The topological polar surface area (TPSA) is 63.6 Å². The van der Waals surface area contributed by atoms with E-state index in [1.165, 1.54) is 11.9 Å². The molecule has 2 aromatic heterocycles. The van der Waals surface area contributed by atoms with Gasteiger partial charge in [0, 0.05) is 17.6 Å². The van der Waals surface area contributed by atoms with Gasteiger partial charge in [0.25, 0.3) is 0 Å². The van der Waals surface area contributed by atoms with Crippen LogP contribution < -0.4 is 5.32 Å². The Morgan fingerprint density at radius 3 is 2.45 bits per heavy atom. The predicted octanol–water partition coefficient (Wildman–Crippen LogP) is 2.09. The molecule has 0 radical (unpaired) electrons. The lowest BCUT2D eigenvalue weighted by molar-refractivity contribution is 0.666. The number of nitrogens with one attached hydrogen (secondary N) is 1. The minimum absolute atomic E-state index is 0.674. The van der Waals surface area contributed by atoms with E-state index in [0.29, 0.717) is 5.82 Å². The molecule has 1 N–H and O–H groups in total. The van der Waals surface area contributed by atoms with Crippen molar-refractivity contribution in [1.29, 1.82) is 0 Å². The van der Waals surface area contributed by atoms with Gasteiger partial charge in [0.1, 0.15) is 12.0 Å². The molecule has 0 aliphatic rings. The van der Waals surface area contributed by atoms with Crippen LogP contribution in [0.1, 0.15) is 30.3 Å². The van der Waals surface area contributed by atoms with Crippen molar-refractivity contribution in [3.05, 3.63) is 35.5 Å². The van der Waals surface area contributed by atoms with Crippen LogP contribution in [0, 0.1) is 13.8 Å². The highest BCUT2D eigenvalue weighted by molar-refractivity contribution is 5.49. The number of aromatic nitrogens is 4. The van der Waals surface area contributed by atoms with E-state index in [2.05, 4.69) is 32.2 Å². The summed E-state index contributed by atoms with van der Waals surface area (Å²) < 4.78 is 0. The van der Waals surface area contributed by atoms with E-state index >= 15 is 0 Å². The van der Waals surface area contributed by atoms with Gasteiger partial charge in [-0.25, -0.2) is 19.9 Å². The summed E-state index contributed by atoms with van der Waals surface area (Å²) in [6.07, 6.45) is 5.34. The van der Waals surface area contributed by atoms with Crippen molar-refractivity contribution in [2.24, 2.45) is 0 Å². The van der Waals surface area contributed by atoms with E-state index in [1.54, 1.807) is 6.20 Å². The van der Waals surface area contributed by atoms with Crippen LogP contribution in [-0.2, 0) is 6.42 Å². The molecule has 0 fully saturated rings. The number of aryl methyl sites for hydroxylation is 2. The molecular weight excluding hydrogens is 250 g/mol. The summed E-state index contributed by atoms with van der Waals surface area (Å²) in [6.45, 7) is 8.26. The highest BCUT2D eigenvalue weighted by Gasteiger charge is 2.10. The Bertz CT molecular complexity index is 530. The first-order chi connectivity index (χ1) is 9.72. The summed E-state index contributed by atoms with van der Waals surface area (Å²) in [5.41, 5.74) is 4.06. The number of hydrogen-bond acceptors (Lipinski definition) is 5. The van der Waals surface area contributed by atoms with Crippen molar-refractivity contribution < 1.29 is 0 Å². The van der Waals surface area contributed by atoms with Crippen LogP contribution in [0.5, 0.6) is 0 Å². The average Bonchev–Trinajstić information content (AvgIpc) is 2.46. The Hall–Kier alpha value is -1.88. The van der Waals surface area contributed by atoms with Crippen molar-refractivity contribution in [2.75, 3.05) is 13.1 Å². The maximum atomic E-state index is 4.57. The van der Waals surface area contributed by atoms with Crippen molar-refractivity contribution in [1.82, 2.24) is 25.3 Å². The molecular formula is C15H21N5. The second-order valence-electron chi connectivity index (χ2n) is 4.79. The van der Waals surface area contributed by atoms with Gasteiger partial charge in [0.05, 0.1) is 0 Å². The van der Waals surface area contributed by atoms with Gasteiger partial charge in [-0.05, 0) is 51.4 Å². The van der Waals surface area contributed by atoms with Crippen molar-refractivity contribution in [3.63, 3.8) is 0 Å². The molecule has 2 heterocycles. The molecule has 0 saturated carbocycles. The third-order valence-electron chi connectivity index (χ3n) is 3.21. The lowest BCUT2D eigenvalue weighted by Gasteiger charge is -2.11. The van der Waals surface area contributed by atoms with Gasteiger partial charge < -0.3 is 5.32 Å². The fraction of sp³-hybridized carbons (Fsp3) is 0.467. The molecule has 0 amide bonds. The molecule has 0 spiro atoms. The molecule has 0 aliphatic heterocycles. The molecule has 2 aromatic rings. The molecule has 106 valence electrons. The first-order valence-corrected chi connectivity index (χ1v) is 7.03. The molecule has 2 rings (SSSR count). The van der Waals surface area contributed by atoms with E-state index in [9.17, 15) is 0 Å². The first kappa shape index (κ1) is 14.5. The average molecular weight is 271 g/mol. The summed E-state index contributed by atoms with van der Waals surface area (Å²) >= 11 is 0. The van der Waals surface area contributed by atoms with E-state index in [1.807, 2.05) is 19.9 Å². The third-order valence-corrected chi connectivity index (χ3v) is 3.21. The summed E-state index contributed by atoms with van der Waals surface area (Å²) in [4.78, 5) is 17.3. The largest absolute Gasteiger partial charge is 0.316 e. The zero-order valence-electron chi connectivity index (χ0n) is 12.3. The van der Waals surface area contributed by atoms with Crippen LogP contribution in [0.4, 0.5) is 0 Å². The van der Waals surface area contributed by atoms with Crippen molar-refractivity contribution in [3.8, 4) is 11.5 Å². The Labute approximate surface area is 119 Å². The Morgan fingerprint density at radius 2 is 1.85 bits per heavy atom. The SMILES string of the molecule is CCCNCCc1c(C)nc(-c2ccncn2)nc1C. The van der Waals surface area contributed by atoms with Crippen LogP contribution >= 0.6 is 0 Å². The molecule has 5 heteroatoms. The first-order valence-electron chi connectivity index (χ1n) is 7.03. The molecule has 5 nitrogen and oxygen atoms in total. The van der Waals surface area contributed by atoms with Gasteiger partial charge in [0.2, 0.25) is 0 Å². The maximum Gasteiger partial charge on any atom is 0.178 e. The second kappa shape index (κ2) is 7.05. The normalized spacial score (nSPS) is 10.8. The molecule has 0 saturated heterocycles. The monoisotopic (exact) mass is 271 g/mol. The quantitative estimate of drug-likeness (QED) is 0.815. The standard InChI is InChI=1S/C15H21N5/c1-4-7-16-8-5-13-11(2)19-15(20-12(13)3)14-6-9-17-10-18-14/h6,9-10,16H,4-5,7-8H2,1-3H3. The van der Waals surface area contributed by atoms with Gasteiger partial charge in [-0.2, -0.15) is 0 Å². The van der Waals surface area contributed by atoms with Gasteiger partial charge in [-0.15, -0.1) is 0 Å². The maximum absolute atomic E-state index is 4.57. The van der Waals surface area contributed by atoms with Crippen LogP contribution in [-0.4, -0.2) is 33.0 Å². The fourth-order valence-electron chi connectivity index (χ4n) is 2.15. The number of nitrogens with zero attached hydrogens (tertiary/aromatic N) is 4. The van der Waals surface area contributed by atoms with E-state index < -0.39 is 0 Å². The zero-order valence-corrected chi connectivity index (χ0v) is 12.3. The number of rotatable bonds is 6. The molecule has 0 aliphatic carbocycles. The van der Waals surface area contributed by atoms with E-state index in [-0.39, 0.29) is 0 Å². The van der Waals surface area contributed by atoms with Crippen LogP contribution in [0.15, 0.2) is 18.6 Å². The summed E-state index contributed by atoms with van der Waals surface area (Å²) in [6, 6.07) is 1.83. The Kier molecular flexibility index (Phi) is 5.12. The lowest BCUT2D eigenvalue weighted by Crippen LogP contribution is -2.19. The summed E-state index contributed by atoms with van der Waals surface area (Å²) in [5.74, 6) is 0.674. The van der Waals surface area contributed by atoms with Gasteiger partial charge in [-0.1, -0.05) is 6.92 Å². The zero-order chi connectivity index (χ0) is 14.4. The highest BCUT2D eigenvalue weighted by Crippen LogP contribution is 2.16. The van der Waals surface area contributed by atoms with Crippen LogP contribution in [0.3, 0.4) is 0 Å². The molecule has 0 aromatic carbocycles. The third kappa shape index (κ3) is 3.57. The predicted molar refractivity (Wildman–Crippen MR) is 79.4 cm³/mol. The molecule has 0 unspecified atom stereocenters. The molecule has 0 atom stereocenters. The van der Waals surface area contributed by atoms with Crippen LogP contribution in [0.25, 0.3) is 11.5 Å². The van der Waals surface area contributed by atoms with Gasteiger partial charge in [0.15, 0.2) is 5.82 Å². The Morgan fingerprint density at radius 1 is 1.10 bits per heavy atom. The van der Waals surface area contributed by atoms with Gasteiger partial charge in [-0.3, -0.25) is 0 Å². The molecule has 0 bridgehead atoms. The molecule has 20 heavy (non-hydrogen) atoms. The van der Waals surface area contributed by atoms with Crippen molar-refractivity contribution >= 4 is 0 Å². The minimum atomic E-state index is 0.674. The summed E-state index contributed by atoms with van der Waals surface area (Å²) in [7, 11) is 0. The number of hydrogen-bond donors (Lipinski definition) is 1. The lowest BCUT2D eigenvalue weighted by atomic mass is 10.1.